The fourth-order valence-electron chi connectivity index (χ4n) is 1.29. The van der Waals surface area contributed by atoms with Crippen LogP contribution in [-0.2, 0) is 10.2 Å². The molecule has 0 bridgehead atoms. The third-order valence-corrected chi connectivity index (χ3v) is 3.21. The van der Waals surface area contributed by atoms with E-state index in [0.29, 0.717) is 31.1 Å². The molecule has 4 N–H and O–H groups in total. The Hall–Kier alpha value is -1.31. The van der Waals surface area contributed by atoms with Crippen LogP contribution in [0.15, 0.2) is 24.3 Å². The van der Waals surface area contributed by atoms with Crippen molar-refractivity contribution < 1.29 is 13.2 Å². The summed E-state index contributed by atoms with van der Waals surface area (Å²) in [7, 11) is -3.55. The molecule has 0 aromatic heterocycles. The second-order valence-corrected chi connectivity index (χ2v) is 6.01. The summed E-state index contributed by atoms with van der Waals surface area (Å²) in [6, 6.07) is 6.73. The fourth-order valence-corrected chi connectivity index (χ4v) is 2.36. The van der Waals surface area contributed by atoms with Gasteiger partial charge in [0.1, 0.15) is 12.4 Å². The molecule has 0 atom stereocenters. The van der Waals surface area contributed by atoms with Crippen LogP contribution < -0.4 is 19.9 Å². The molecule has 0 aliphatic rings. The lowest BCUT2D eigenvalue weighted by atomic mass is 10.2. The fraction of sp³-hybridized carbons (Fsp3) is 0.500. The first kappa shape index (κ1) is 15.7. The van der Waals surface area contributed by atoms with Gasteiger partial charge in [-0.1, -0.05) is 19.9 Å². The highest BCUT2D eigenvalue weighted by Crippen LogP contribution is 2.17. The number of nitrogens with two attached hydrogens (primary N) is 1. The van der Waals surface area contributed by atoms with Crippen molar-refractivity contribution in [2.45, 2.75) is 13.8 Å². The van der Waals surface area contributed by atoms with Crippen LogP contribution in [0.2, 0.25) is 0 Å². The molecule has 0 fully saturated rings. The third-order valence-electron chi connectivity index (χ3n) is 2.15. The average Bonchev–Trinajstić information content (AvgIpc) is 2.34. The predicted molar refractivity (Wildman–Crippen MR) is 76.4 cm³/mol. The van der Waals surface area contributed by atoms with E-state index in [4.69, 9.17) is 10.5 Å². The van der Waals surface area contributed by atoms with E-state index in [-0.39, 0.29) is 5.92 Å². The lowest BCUT2D eigenvalue weighted by Gasteiger charge is -2.12. The molecule has 1 aromatic rings. The minimum atomic E-state index is -3.55. The van der Waals surface area contributed by atoms with Gasteiger partial charge in [0.2, 0.25) is 0 Å². The van der Waals surface area contributed by atoms with E-state index < -0.39 is 10.2 Å². The molecule has 0 saturated carbocycles. The second-order valence-electron chi connectivity index (χ2n) is 4.51. The predicted octanol–water partition coefficient (Wildman–Crippen LogP) is 0.926. The Bertz CT molecular complexity index is 489. The summed E-state index contributed by atoms with van der Waals surface area (Å²) in [4.78, 5) is 0. The summed E-state index contributed by atoms with van der Waals surface area (Å²) < 4.78 is 33.7. The standard InChI is InChI=1S/C12H21N3O3S/c1-10(2)9-14-19(16,17)15-11-4-3-5-12(8-11)18-7-6-13/h3-5,8,10,14-15H,6-7,9,13H2,1-2H3. The first-order chi connectivity index (χ1) is 8.93. The minimum absolute atomic E-state index is 0.246. The number of rotatable bonds is 8. The number of hydrogen-bond acceptors (Lipinski definition) is 4. The quantitative estimate of drug-likeness (QED) is 0.663. The molecule has 0 unspecified atom stereocenters. The number of anilines is 1. The van der Waals surface area contributed by atoms with Gasteiger partial charge >= 0.3 is 0 Å². The van der Waals surface area contributed by atoms with Gasteiger partial charge in [0.25, 0.3) is 10.2 Å². The summed E-state index contributed by atoms with van der Waals surface area (Å²) in [5.41, 5.74) is 5.79. The zero-order chi connectivity index (χ0) is 14.3. The van der Waals surface area contributed by atoms with Crippen molar-refractivity contribution >= 4 is 15.9 Å². The first-order valence-electron chi connectivity index (χ1n) is 6.13. The zero-order valence-electron chi connectivity index (χ0n) is 11.2. The van der Waals surface area contributed by atoms with E-state index in [0.717, 1.165) is 0 Å². The monoisotopic (exact) mass is 287 g/mol. The van der Waals surface area contributed by atoms with Crippen molar-refractivity contribution in [3.05, 3.63) is 24.3 Å². The largest absolute Gasteiger partial charge is 0.492 e. The SMILES string of the molecule is CC(C)CNS(=O)(=O)Nc1cccc(OCCN)c1. The Balaban J connectivity index is 2.65. The van der Waals surface area contributed by atoms with Crippen LogP contribution in [-0.4, -0.2) is 28.1 Å². The Morgan fingerprint density at radius 3 is 2.74 bits per heavy atom. The Labute approximate surface area is 114 Å². The van der Waals surface area contributed by atoms with Crippen molar-refractivity contribution in [1.29, 1.82) is 0 Å². The van der Waals surface area contributed by atoms with Gasteiger partial charge in [-0.05, 0) is 18.1 Å². The van der Waals surface area contributed by atoms with Crippen LogP contribution in [0.4, 0.5) is 5.69 Å². The summed E-state index contributed by atoms with van der Waals surface area (Å²) in [6.07, 6.45) is 0. The summed E-state index contributed by atoms with van der Waals surface area (Å²) in [5.74, 6) is 0.824. The molecule has 7 heteroatoms. The molecule has 6 nitrogen and oxygen atoms in total. The highest BCUT2D eigenvalue weighted by atomic mass is 32.2. The van der Waals surface area contributed by atoms with Crippen molar-refractivity contribution in [3.8, 4) is 5.75 Å². The lowest BCUT2D eigenvalue weighted by Crippen LogP contribution is -2.32. The normalized spacial score (nSPS) is 11.6. The van der Waals surface area contributed by atoms with E-state index in [2.05, 4.69) is 9.44 Å². The van der Waals surface area contributed by atoms with Gasteiger partial charge < -0.3 is 10.5 Å². The van der Waals surface area contributed by atoms with Gasteiger partial charge in [-0.2, -0.15) is 13.1 Å². The number of ether oxygens (including phenoxy) is 1. The molecule has 19 heavy (non-hydrogen) atoms. The van der Waals surface area contributed by atoms with E-state index in [1.807, 2.05) is 13.8 Å². The van der Waals surface area contributed by atoms with Gasteiger partial charge in [-0.3, -0.25) is 4.72 Å². The van der Waals surface area contributed by atoms with Crippen LogP contribution in [0.3, 0.4) is 0 Å². The molecule has 1 rings (SSSR count). The number of hydrogen-bond donors (Lipinski definition) is 3. The maximum absolute atomic E-state index is 11.7. The van der Waals surface area contributed by atoms with Gasteiger partial charge in [-0.25, -0.2) is 0 Å². The summed E-state index contributed by atoms with van der Waals surface area (Å²) in [6.45, 7) is 5.06. The van der Waals surface area contributed by atoms with Gasteiger partial charge in [0.15, 0.2) is 0 Å². The van der Waals surface area contributed by atoms with E-state index in [1.165, 1.54) is 0 Å². The average molecular weight is 287 g/mol. The maximum atomic E-state index is 11.7. The first-order valence-corrected chi connectivity index (χ1v) is 7.61. The molecule has 0 aliphatic heterocycles. The van der Waals surface area contributed by atoms with Crippen LogP contribution >= 0.6 is 0 Å². The van der Waals surface area contributed by atoms with Crippen molar-refractivity contribution in [3.63, 3.8) is 0 Å². The molecule has 0 aliphatic carbocycles. The van der Waals surface area contributed by atoms with Crippen molar-refractivity contribution in [2.75, 3.05) is 24.4 Å². The zero-order valence-corrected chi connectivity index (χ0v) is 12.0. The topological polar surface area (TPSA) is 93.5 Å². The van der Waals surface area contributed by atoms with Crippen molar-refractivity contribution in [2.24, 2.45) is 11.7 Å². The van der Waals surface area contributed by atoms with Crippen LogP contribution in [0.1, 0.15) is 13.8 Å². The third kappa shape index (κ3) is 6.42. The smallest absolute Gasteiger partial charge is 0.299 e. The van der Waals surface area contributed by atoms with Gasteiger partial charge in [-0.15, -0.1) is 0 Å². The molecular weight excluding hydrogens is 266 g/mol. The maximum Gasteiger partial charge on any atom is 0.299 e. The van der Waals surface area contributed by atoms with E-state index >= 15 is 0 Å². The van der Waals surface area contributed by atoms with Gasteiger partial charge in [0.05, 0.1) is 5.69 Å². The van der Waals surface area contributed by atoms with Crippen LogP contribution in [0.25, 0.3) is 0 Å². The van der Waals surface area contributed by atoms with Crippen molar-refractivity contribution in [1.82, 2.24) is 4.72 Å². The number of nitrogens with one attached hydrogen (secondary N) is 2. The molecule has 108 valence electrons. The molecule has 0 spiro atoms. The van der Waals surface area contributed by atoms with Crippen LogP contribution in [0.5, 0.6) is 5.75 Å². The van der Waals surface area contributed by atoms with E-state index in [9.17, 15) is 8.42 Å². The molecule has 0 heterocycles. The number of benzene rings is 1. The highest BCUT2D eigenvalue weighted by molar-refractivity contribution is 7.90. The molecule has 0 amide bonds. The second kappa shape index (κ2) is 7.32. The Morgan fingerprint density at radius 2 is 2.11 bits per heavy atom. The highest BCUT2D eigenvalue weighted by Gasteiger charge is 2.10. The summed E-state index contributed by atoms with van der Waals surface area (Å²) >= 11 is 0. The minimum Gasteiger partial charge on any atom is -0.492 e. The van der Waals surface area contributed by atoms with Crippen LogP contribution in [0, 0.1) is 5.92 Å². The molecule has 1 aromatic carbocycles. The Kier molecular flexibility index (Phi) is 6.07. The molecule has 0 radical (unpaired) electrons. The summed E-state index contributed by atoms with van der Waals surface area (Å²) in [5, 5.41) is 0. The van der Waals surface area contributed by atoms with E-state index in [1.54, 1.807) is 24.3 Å². The molecule has 0 saturated heterocycles. The lowest BCUT2D eigenvalue weighted by molar-refractivity contribution is 0.328. The Morgan fingerprint density at radius 1 is 1.37 bits per heavy atom. The molecular formula is C12H21N3O3S. The van der Waals surface area contributed by atoms with Gasteiger partial charge in [0, 0.05) is 19.2 Å².